The fraction of sp³-hybridized carbons (Fsp3) is 0.400. The molecule has 2 aliphatic heterocycles. The highest BCUT2D eigenvalue weighted by Gasteiger charge is 2.25. The number of hydrogen-bond donors (Lipinski definition) is 1. The predicted octanol–water partition coefficient (Wildman–Crippen LogP) is 4.47. The molecule has 190 valence electrons. The second kappa shape index (κ2) is 10.7. The third-order valence-corrected chi connectivity index (χ3v) is 6.56. The second-order valence-electron chi connectivity index (χ2n) is 8.76. The molecule has 2 aromatic carbocycles. The number of halogens is 2. The predicted molar refractivity (Wildman–Crippen MR) is 134 cm³/mol. The van der Waals surface area contributed by atoms with Crippen molar-refractivity contribution in [3.05, 3.63) is 47.5 Å². The Labute approximate surface area is 213 Å². The van der Waals surface area contributed by atoms with Crippen LogP contribution in [0.25, 0.3) is 10.9 Å². The molecule has 1 aromatic heterocycles. The zero-order valence-corrected chi connectivity index (χ0v) is 20.6. The number of urea groups is 1. The summed E-state index contributed by atoms with van der Waals surface area (Å²) in [6, 6.07) is 8.04. The van der Waals surface area contributed by atoms with E-state index in [0.717, 1.165) is 12.8 Å². The van der Waals surface area contributed by atoms with Gasteiger partial charge in [0.15, 0.2) is 11.5 Å². The average Bonchev–Trinajstić information content (AvgIpc) is 3.20. The molecule has 3 heterocycles. The number of benzene rings is 2. The van der Waals surface area contributed by atoms with Crippen LogP contribution in [-0.2, 0) is 4.74 Å². The summed E-state index contributed by atoms with van der Waals surface area (Å²) in [6.45, 7) is 3.45. The van der Waals surface area contributed by atoms with E-state index in [9.17, 15) is 9.18 Å². The van der Waals surface area contributed by atoms with Crippen molar-refractivity contribution in [3.8, 4) is 11.5 Å². The number of hydrogen-bond acceptors (Lipinski definition) is 7. The lowest BCUT2D eigenvalue weighted by molar-refractivity contribution is 0.0243. The maximum atomic E-state index is 13.6. The lowest BCUT2D eigenvalue weighted by Gasteiger charge is -2.25. The van der Waals surface area contributed by atoms with Crippen LogP contribution >= 0.6 is 11.6 Å². The van der Waals surface area contributed by atoms with Gasteiger partial charge >= 0.3 is 6.03 Å². The minimum Gasteiger partial charge on any atom is -0.488 e. The number of fused-ring (bicyclic) bond motifs is 1. The van der Waals surface area contributed by atoms with E-state index in [1.165, 1.54) is 18.5 Å². The smallest absolute Gasteiger partial charge is 0.319 e. The Kier molecular flexibility index (Phi) is 7.24. The van der Waals surface area contributed by atoms with Gasteiger partial charge in [0.25, 0.3) is 0 Å². The summed E-state index contributed by atoms with van der Waals surface area (Å²) in [6.07, 6.45) is 2.98. The first-order chi connectivity index (χ1) is 17.5. The molecule has 2 saturated heterocycles. The van der Waals surface area contributed by atoms with Crippen LogP contribution in [0.2, 0.25) is 5.02 Å². The number of likely N-dealkylation sites (N-methyl/N-ethyl adjacent to an activating group) is 1. The number of ether oxygens (including phenoxy) is 3. The quantitative estimate of drug-likeness (QED) is 0.473. The lowest BCUT2D eigenvalue weighted by Crippen LogP contribution is -2.32. The van der Waals surface area contributed by atoms with Crippen molar-refractivity contribution in [2.24, 2.45) is 0 Å². The highest BCUT2D eigenvalue weighted by Crippen LogP contribution is 2.36. The normalized spacial score (nSPS) is 16.6. The van der Waals surface area contributed by atoms with Crippen LogP contribution in [0.5, 0.6) is 11.5 Å². The minimum atomic E-state index is -0.494. The minimum absolute atomic E-state index is 0.000134. The molecule has 0 saturated carbocycles. The van der Waals surface area contributed by atoms with E-state index in [4.69, 9.17) is 25.8 Å². The monoisotopic (exact) mass is 515 g/mol. The van der Waals surface area contributed by atoms with Crippen LogP contribution < -0.4 is 14.8 Å². The van der Waals surface area contributed by atoms with Gasteiger partial charge in [-0.15, -0.1) is 0 Å². The Morgan fingerprint density at radius 3 is 2.75 bits per heavy atom. The molecule has 2 amide bonds. The summed E-state index contributed by atoms with van der Waals surface area (Å²) in [5.41, 5.74) is 1.24. The lowest BCUT2D eigenvalue weighted by atomic mass is 10.1. The van der Waals surface area contributed by atoms with Crippen molar-refractivity contribution in [2.75, 3.05) is 51.8 Å². The SMILES string of the molecule is CN1CCN(CCOc2cc3ncnc(Nc4ccc(F)c(Cl)c4)c3cc2OC2CCOCC2)C1=O. The van der Waals surface area contributed by atoms with E-state index < -0.39 is 5.82 Å². The highest BCUT2D eigenvalue weighted by atomic mass is 35.5. The van der Waals surface area contributed by atoms with Gasteiger partial charge in [-0.2, -0.15) is 0 Å². The fourth-order valence-corrected chi connectivity index (χ4v) is 4.41. The maximum absolute atomic E-state index is 13.6. The first-order valence-corrected chi connectivity index (χ1v) is 12.2. The van der Waals surface area contributed by atoms with Crippen LogP contribution in [0, 0.1) is 5.82 Å². The zero-order valence-electron chi connectivity index (χ0n) is 19.9. The Bertz CT molecular complexity index is 1260. The Morgan fingerprint density at radius 1 is 1.17 bits per heavy atom. The molecule has 2 fully saturated rings. The highest BCUT2D eigenvalue weighted by molar-refractivity contribution is 6.31. The number of aromatic nitrogens is 2. The van der Waals surface area contributed by atoms with Crippen LogP contribution in [-0.4, -0.2) is 78.4 Å². The van der Waals surface area contributed by atoms with Gasteiger partial charge < -0.3 is 29.3 Å². The number of nitrogens with zero attached hydrogens (tertiary/aromatic N) is 4. The topological polar surface area (TPSA) is 89.1 Å². The van der Waals surface area contributed by atoms with Crippen molar-refractivity contribution in [2.45, 2.75) is 18.9 Å². The molecule has 36 heavy (non-hydrogen) atoms. The number of carbonyl (C=O) groups is 1. The summed E-state index contributed by atoms with van der Waals surface area (Å²) >= 11 is 5.94. The molecule has 0 aliphatic carbocycles. The molecule has 0 bridgehead atoms. The number of anilines is 2. The maximum Gasteiger partial charge on any atom is 0.319 e. The third kappa shape index (κ3) is 5.39. The summed E-state index contributed by atoms with van der Waals surface area (Å²) in [5.74, 6) is 1.14. The first-order valence-electron chi connectivity index (χ1n) is 11.9. The van der Waals surface area contributed by atoms with Crippen molar-refractivity contribution in [1.29, 1.82) is 0 Å². The molecular weight excluding hydrogens is 489 g/mol. The average molecular weight is 516 g/mol. The van der Waals surface area contributed by atoms with Crippen LogP contribution in [0.1, 0.15) is 12.8 Å². The number of carbonyl (C=O) groups excluding carboxylic acids is 1. The molecule has 5 rings (SSSR count). The van der Waals surface area contributed by atoms with Gasteiger partial charge in [-0.25, -0.2) is 19.2 Å². The molecule has 0 radical (unpaired) electrons. The summed E-state index contributed by atoms with van der Waals surface area (Å²) in [5, 5.41) is 3.91. The second-order valence-corrected chi connectivity index (χ2v) is 9.17. The van der Waals surface area contributed by atoms with Gasteiger partial charge in [0, 0.05) is 50.1 Å². The van der Waals surface area contributed by atoms with E-state index in [2.05, 4.69) is 15.3 Å². The van der Waals surface area contributed by atoms with E-state index in [-0.39, 0.29) is 17.2 Å². The standard InChI is InChI=1S/C25H27ClFN5O4/c1-31-6-7-32(25(31)33)8-11-35-22-14-21-18(13-23(22)36-17-4-9-34-10-5-17)24(29-15-28-21)30-16-2-3-20(27)19(26)12-16/h2-3,12-15,17H,4-11H2,1H3,(H,28,29,30). The van der Waals surface area contributed by atoms with Crippen LogP contribution in [0.3, 0.4) is 0 Å². The molecule has 1 N–H and O–H groups in total. The van der Waals surface area contributed by atoms with Gasteiger partial charge in [0.05, 0.1) is 30.3 Å². The fourth-order valence-electron chi connectivity index (χ4n) is 4.23. The molecule has 0 unspecified atom stereocenters. The number of amides is 2. The third-order valence-electron chi connectivity index (χ3n) is 6.27. The van der Waals surface area contributed by atoms with Gasteiger partial charge in [-0.1, -0.05) is 11.6 Å². The zero-order chi connectivity index (χ0) is 25.1. The largest absolute Gasteiger partial charge is 0.488 e. The molecule has 0 spiro atoms. The van der Waals surface area contributed by atoms with Crippen molar-refractivity contribution >= 4 is 40.0 Å². The molecule has 3 aromatic rings. The summed E-state index contributed by atoms with van der Waals surface area (Å²) in [4.78, 5) is 24.4. The summed E-state index contributed by atoms with van der Waals surface area (Å²) < 4.78 is 31.5. The molecule has 2 aliphatic rings. The first kappa shape index (κ1) is 24.3. The van der Waals surface area contributed by atoms with Crippen molar-refractivity contribution in [3.63, 3.8) is 0 Å². The van der Waals surface area contributed by atoms with Crippen molar-refractivity contribution in [1.82, 2.24) is 19.8 Å². The number of nitrogens with one attached hydrogen (secondary N) is 1. The molecular formula is C25H27ClFN5O4. The molecule has 11 heteroatoms. The Morgan fingerprint density at radius 2 is 2.00 bits per heavy atom. The molecule has 9 nitrogen and oxygen atoms in total. The van der Waals surface area contributed by atoms with Crippen molar-refractivity contribution < 1.29 is 23.4 Å². The van der Waals surface area contributed by atoms with Gasteiger partial charge in [-0.05, 0) is 24.3 Å². The number of rotatable bonds is 8. The van der Waals surface area contributed by atoms with Gasteiger partial charge in [0.2, 0.25) is 0 Å². The van der Waals surface area contributed by atoms with Gasteiger partial charge in [-0.3, -0.25) is 0 Å². The van der Waals surface area contributed by atoms with E-state index in [1.807, 2.05) is 12.1 Å². The van der Waals surface area contributed by atoms with Crippen LogP contribution in [0.15, 0.2) is 36.7 Å². The van der Waals surface area contributed by atoms with Gasteiger partial charge in [0.1, 0.15) is 30.7 Å². The molecule has 0 atom stereocenters. The van der Waals surface area contributed by atoms with E-state index >= 15 is 0 Å². The Balaban J connectivity index is 1.42. The van der Waals surface area contributed by atoms with Crippen LogP contribution in [0.4, 0.5) is 20.7 Å². The van der Waals surface area contributed by atoms with E-state index in [0.29, 0.717) is 73.4 Å². The van der Waals surface area contributed by atoms with E-state index in [1.54, 1.807) is 22.9 Å². The Hall–Kier alpha value is -3.37. The summed E-state index contributed by atoms with van der Waals surface area (Å²) in [7, 11) is 1.79.